The van der Waals surface area contributed by atoms with E-state index in [1.807, 2.05) is 12.1 Å². The fourth-order valence-corrected chi connectivity index (χ4v) is 2.41. The van der Waals surface area contributed by atoms with Crippen LogP contribution in [0.5, 0.6) is 5.75 Å². The number of rotatable bonds is 4. The van der Waals surface area contributed by atoms with E-state index in [0.717, 1.165) is 22.3 Å². The maximum absolute atomic E-state index is 13.7. The number of methoxy groups -OCH3 is 1. The van der Waals surface area contributed by atoms with E-state index in [9.17, 15) is 8.78 Å². The van der Waals surface area contributed by atoms with E-state index in [1.165, 1.54) is 6.07 Å². The molecule has 0 amide bonds. The fraction of sp³-hybridized carbons (Fsp3) is 0.200. The number of ether oxygens (including phenoxy) is 1. The molecule has 0 bridgehead atoms. The van der Waals surface area contributed by atoms with Crippen molar-refractivity contribution >= 4 is 21.6 Å². The van der Waals surface area contributed by atoms with Crippen LogP contribution in [0.15, 0.2) is 40.9 Å². The summed E-state index contributed by atoms with van der Waals surface area (Å²) in [5.41, 5.74) is 1.04. The molecule has 0 heterocycles. The zero-order chi connectivity index (χ0) is 14.7. The van der Waals surface area contributed by atoms with E-state index in [2.05, 4.69) is 21.2 Å². The second kappa shape index (κ2) is 6.22. The summed E-state index contributed by atoms with van der Waals surface area (Å²) in [6.07, 6.45) is 0. The summed E-state index contributed by atoms with van der Waals surface area (Å²) in [4.78, 5) is 0. The Bertz CT molecular complexity index is 619. The van der Waals surface area contributed by atoms with Gasteiger partial charge in [-0.2, -0.15) is 0 Å². The van der Waals surface area contributed by atoms with Crippen LogP contribution in [0.3, 0.4) is 0 Å². The van der Waals surface area contributed by atoms with Gasteiger partial charge in [0.15, 0.2) is 0 Å². The smallest absolute Gasteiger partial charge is 0.128 e. The molecule has 0 saturated carbocycles. The molecule has 106 valence electrons. The van der Waals surface area contributed by atoms with Crippen molar-refractivity contribution in [2.45, 2.75) is 13.0 Å². The van der Waals surface area contributed by atoms with Gasteiger partial charge in [-0.15, -0.1) is 0 Å². The highest BCUT2D eigenvalue weighted by Crippen LogP contribution is 2.28. The SMILES string of the molecule is COc1cc(Br)cc(NC(C)c2cc(F)ccc2F)c1. The average Bonchev–Trinajstić information content (AvgIpc) is 2.40. The molecular weight excluding hydrogens is 328 g/mol. The Kier molecular flexibility index (Phi) is 4.60. The number of hydrogen-bond donors (Lipinski definition) is 1. The lowest BCUT2D eigenvalue weighted by atomic mass is 10.1. The summed E-state index contributed by atoms with van der Waals surface area (Å²) in [6.45, 7) is 1.77. The summed E-state index contributed by atoms with van der Waals surface area (Å²) in [6, 6.07) is 8.51. The lowest BCUT2D eigenvalue weighted by Crippen LogP contribution is -2.09. The van der Waals surface area contributed by atoms with Crippen molar-refractivity contribution in [3.8, 4) is 5.75 Å². The van der Waals surface area contributed by atoms with Gasteiger partial charge in [-0.25, -0.2) is 8.78 Å². The van der Waals surface area contributed by atoms with Crippen LogP contribution in [0.4, 0.5) is 14.5 Å². The van der Waals surface area contributed by atoms with Gasteiger partial charge in [-0.05, 0) is 37.3 Å². The second-order valence-corrected chi connectivity index (χ2v) is 5.33. The van der Waals surface area contributed by atoms with Gasteiger partial charge in [-0.3, -0.25) is 0 Å². The zero-order valence-electron chi connectivity index (χ0n) is 11.1. The first kappa shape index (κ1) is 14.8. The monoisotopic (exact) mass is 341 g/mol. The minimum atomic E-state index is -0.457. The molecule has 0 aliphatic rings. The molecule has 2 aromatic rings. The molecule has 0 aliphatic heterocycles. The first-order valence-corrected chi connectivity index (χ1v) is 6.85. The molecule has 0 fully saturated rings. The largest absolute Gasteiger partial charge is 0.497 e. The summed E-state index contributed by atoms with van der Waals surface area (Å²) < 4.78 is 32.9. The van der Waals surface area contributed by atoms with Gasteiger partial charge in [0.25, 0.3) is 0 Å². The van der Waals surface area contributed by atoms with E-state index in [4.69, 9.17) is 4.74 Å². The molecule has 0 spiro atoms. The van der Waals surface area contributed by atoms with E-state index >= 15 is 0 Å². The van der Waals surface area contributed by atoms with Gasteiger partial charge < -0.3 is 10.1 Å². The van der Waals surface area contributed by atoms with Crippen LogP contribution >= 0.6 is 15.9 Å². The van der Waals surface area contributed by atoms with Crippen molar-refractivity contribution in [1.82, 2.24) is 0 Å². The van der Waals surface area contributed by atoms with Gasteiger partial charge in [0.1, 0.15) is 17.4 Å². The van der Waals surface area contributed by atoms with Crippen molar-refractivity contribution in [3.63, 3.8) is 0 Å². The predicted molar refractivity (Wildman–Crippen MR) is 79.1 cm³/mol. The Labute approximate surface area is 124 Å². The summed E-state index contributed by atoms with van der Waals surface area (Å²) >= 11 is 3.37. The Balaban J connectivity index is 2.25. The number of halogens is 3. The molecule has 1 N–H and O–H groups in total. The molecule has 2 rings (SSSR count). The van der Waals surface area contributed by atoms with Crippen LogP contribution in [-0.4, -0.2) is 7.11 Å². The molecule has 2 aromatic carbocycles. The van der Waals surface area contributed by atoms with Crippen LogP contribution in [0.25, 0.3) is 0 Å². The Morgan fingerprint density at radius 2 is 1.90 bits per heavy atom. The molecule has 1 unspecified atom stereocenters. The molecular formula is C15H14BrF2NO. The molecule has 0 saturated heterocycles. The second-order valence-electron chi connectivity index (χ2n) is 4.41. The van der Waals surface area contributed by atoms with Crippen molar-refractivity contribution in [2.75, 3.05) is 12.4 Å². The van der Waals surface area contributed by atoms with Crippen LogP contribution in [0.1, 0.15) is 18.5 Å². The third-order valence-electron chi connectivity index (χ3n) is 2.91. The summed E-state index contributed by atoms with van der Waals surface area (Å²) in [5, 5.41) is 3.13. The summed E-state index contributed by atoms with van der Waals surface area (Å²) in [5.74, 6) is -0.218. The van der Waals surface area contributed by atoms with Crippen LogP contribution in [0, 0.1) is 11.6 Å². The van der Waals surface area contributed by atoms with Gasteiger partial charge in [0.2, 0.25) is 0 Å². The van der Waals surface area contributed by atoms with Crippen LogP contribution < -0.4 is 10.1 Å². The van der Waals surface area contributed by atoms with E-state index in [1.54, 1.807) is 20.1 Å². The normalized spacial score (nSPS) is 12.1. The highest BCUT2D eigenvalue weighted by atomic mass is 79.9. The molecule has 5 heteroatoms. The van der Waals surface area contributed by atoms with Gasteiger partial charge in [0.05, 0.1) is 13.2 Å². The third-order valence-corrected chi connectivity index (χ3v) is 3.37. The Morgan fingerprint density at radius 1 is 1.15 bits per heavy atom. The average molecular weight is 342 g/mol. The molecule has 0 aromatic heterocycles. The van der Waals surface area contributed by atoms with E-state index in [-0.39, 0.29) is 11.6 Å². The van der Waals surface area contributed by atoms with E-state index in [0.29, 0.717) is 5.75 Å². The summed E-state index contributed by atoms with van der Waals surface area (Å²) in [7, 11) is 1.57. The number of hydrogen-bond acceptors (Lipinski definition) is 2. The highest BCUT2D eigenvalue weighted by Gasteiger charge is 2.12. The van der Waals surface area contributed by atoms with Crippen LogP contribution in [0.2, 0.25) is 0 Å². The molecule has 0 radical (unpaired) electrons. The molecule has 2 nitrogen and oxygen atoms in total. The third kappa shape index (κ3) is 3.48. The van der Waals surface area contributed by atoms with Gasteiger partial charge in [-0.1, -0.05) is 15.9 Å². The van der Waals surface area contributed by atoms with Crippen molar-refractivity contribution < 1.29 is 13.5 Å². The van der Waals surface area contributed by atoms with Gasteiger partial charge >= 0.3 is 0 Å². The lowest BCUT2D eigenvalue weighted by molar-refractivity contribution is 0.414. The molecule has 0 aliphatic carbocycles. The van der Waals surface area contributed by atoms with Crippen molar-refractivity contribution in [2.24, 2.45) is 0 Å². The molecule has 20 heavy (non-hydrogen) atoms. The van der Waals surface area contributed by atoms with Crippen molar-refractivity contribution in [3.05, 3.63) is 58.1 Å². The minimum Gasteiger partial charge on any atom is -0.497 e. The highest BCUT2D eigenvalue weighted by molar-refractivity contribution is 9.10. The maximum atomic E-state index is 13.7. The quantitative estimate of drug-likeness (QED) is 0.853. The van der Waals surface area contributed by atoms with Crippen molar-refractivity contribution in [1.29, 1.82) is 0 Å². The van der Waals surface area contributed by atoms with Gasteiger partial charge in [0, 0.05) is 21.8 Å². The fourth-order valence-electron chi connectivity index (χ4n) is 1.94. The number of benzene rings is 2. The number of nitrogens with one attached hydrogen (secondary N) is 1. The minimum absolute atomic E-state index is 0.281. The predicted octanol–water partition coefficient (Wildman–Crippen LogP) is 4.91. The van der Waals surface area contributed by atoms with Crippen LogP contribution in [-0.2, 0) is 0 Å². The topological polar surface area (TPSA) is 21.3 Å². The first-order valence-electron chi connectivity index (χ1n) is 6.05. The van der Waals surface area contributed by atoms with E-state index < -0.39 is 11.6 Å². The Morgan fingerprint density at radius 3 is 2.60 bits per heavy atom. The maximum Gasteiger partial charge on any atom is 0.128 e. The standard InChI is InChI=1S/C15H14BrF2NO/c1-9(14-7-11(17)3-4-15(14)18)19-12-5-10(16)6-13(8-12)20-2/h3-9,19H,1-2H3. The molecule has 1 atom stereocenters. The zero-order valence-corrected chi connectivity index (χ0v) is 12.7. The number of anilines is 1. The lowest BCUT2D eigenvalue weighted by Gasteiger charge is -2.17. The first-order chi connectivity index (χ1) is 9.49. The Hall–Kier alpha value is -1.62.